The molecule has 2 aromatic rings. The maximum atomic E-state index is 5.67. The maximum absolute atomic E-state index is 5.67. The SMILES string of the molecule is COCCOc1cc(-c2noc(C(C)(C)C)n2)ccc1OC. The van der Waals surface area contributed by atoms with Crippen molar-refractivity contribution in [2.45, 2.75) is 26.2 Å². The third-order valence-corrected chi connectivity index (χ3v) is 3.03. The summed E-state index contributed by atoms with van der Waals surface area (Å²) >= 11 is 0. The Morgan fingerprint density at radius 2 is 1.86 bits per heavy atom. The summed E-state index contributed by atoms with van der Waals surface area (Å²) in [5.41, 5.74) is 0.627. The van der Waals surface area contributed by atoms with Gasteiger partial charge in [0, 0.05) is 18.1 Å². The summed E-state index contributed by atoms with van der Waals surface area (Å²) in [6.45, 7) is 7.02. The molecule has 1 aromatic carbocycles. The molecule has 120 valence electrons. The lowest BCUT2D eigenvalue weighted by Crippen LogP contribution is -2.11. The number of nitrogens with zero attached hydrogens (tertiary/aromatic N) is 2. The molecular weight excluding hydrogens is 284 g/mol. The van der Waals surface area contributed by atoms with Gasteiger partial charge in [0.2, 0.25) is 11.7 Å². The van der Waals surface area contributed by atoms with Crippen molar-refractivity contribution >= 4 is 0 Å². The van der Waals surface area contributed by atoms with Gasteiger partial charge in [0.15, 0.2) is 11.5 Å². The summed E-state index contributed by atoms with van der Waals surface area (Å²) in [7, 11) is 3.23. The normalized spacial score (nSPS) is 11.5. The Hall–Kier alpha value is -2.08. The number of ether oxygens (including phenoxy) is 3. The van der Waals surface area contributed by atoms with Crippen molar-refractivity contribution in [3.05, 3.63) is 24.1 Å². The Kier molecular flexibility index (Phi) is 5.03. The van der Waals surface area contributed by atoms with Gasteiger partial charge < -0.3 is 18.7 Å². The van der Waals surface area contributed by atoms with E-state index in [-0.39, 0.29) is 5.41 Å². The second-order valence-electron chi connectivity index (χ2n) is 5.88. The summed E-state index contributed by atoms with van der Waals surface area (Å²) in [5.74, 6) is 2.41. The van der Waals surface area contributed by atoms with E-state index in [1.54, 1.807) is 14.2 Å². The standard InChI is InChI=1S/C16H22N2O4/c1-16(2,3)15-17-14(18-22-15)11-6-7-12(20-5)13(10-11)21-9-8-19-4/h6-7,10H,8-9H2,1-5H3. The number of hydrogen-bond donors (Lipinski definition) is 0. The highest BCUT2D eigenvalue weighted by Gasteiger charge is 2.22. The summed E-state index contributed by atoms with van der Waals surface area (Å²) in [6, 6.07) is 5.54. The van der Waals surface area contributed by atoms with Crippen LogP contribution in [-0.2, 0) is 10.2 Å². The highest BCUT2D eigenvalue weighted by Crippen LogP contribution is 2.32. The third kappa shape index (κ3) is 3.76. The Balaban J connectivity index is 2.27. The average Bonchev–Trinajstić information content (AvgIpc) is 2.97. The molecule has 22 heavy (non-hydrogen) atoms. The molecule has 1 aromatic heterocycles. The minimum absolute atomic E-state index is 0.185. The van der Waals surface area contributed by atoms with Gasteiger partial charge in [-0.15, -0.1) is 0 Å². The quantitative estimate of drug-likeness (QED) is 0.764. The van der Waals surface area contributed by atoms with Crippen molar-refractivity contribution in [3.8, 4) is 22.9 Å². The first-order chi connectivity index (χ1) is 10.5. The number of rotatable bonds is 6. The fourth-order valence-electron chi connectivity index (χ4n) is 1.81. The van der Waals surface area contributed by atoms with Crippen LogP contribution in [0.25, 0.3) is 11.4 Å². The van der Waals surface area contributed by atoms with Crippen LogP contribution >= 0.6 is 0 Å². The Morgan fingerprint density at radius 1 is 1.09 bits per heavy atom. The lowest BCUT2D eigenvalue weighted by Gasteiger charge is -2.11. The van der Waals surface area contributed by atoms with Crippen molar-refractivity contribution < 1.29 is 18.7 Å². The molecule has 0 bridgehead atoms. The number of methoxy groups -OCH3 is 2. The third-order valence-electron chi connectivity index (χ3n) is 3.03. The van der Waals surface area contributed by atoms with Gasteiger partial charge >= 0.3 is 0 Å². The van der Waals surface area contributed by atoms with Gasteiger partial charge in [0.1, 0.15) is 6.61 Å². The van der Waals surface area contributed by atoms with Gasteiger partial charge in [-0.25, -0.2) is 0 Å². The average molecular weight is 306 g/mol. The van der Waals surface area contributed by atoms with Gasteiger partial charge in [-0.1, -0.05) is 25.9 Å². The summed E-state index contributed by atoms with van der Waals surface area (Å²) in [6.07, 6.45) is 0. The molecule has 0 atom stereocenters. The van der Waals surface area contributed by atoms with Crippen LogP contribution in [0.15, 0.2) is 22.7 Å². The van der Waals surface area contributed by atoms with Crippen LogP contribution in [0.4, 0.5) is 0 Å². The van der Waals surface area contributed by atoms with E-state index in [1.165, 1.54) is 0 Å². The minimum atomic E-state index is -0.185. The lowest BCUT2D eigenvalue weighted by atomic mass is 9.97. The van der Waals surface area contributed by atoms with Gasteiger partial charge in [-0.2, -0.15) is 4.98 Å². The molecule has 0 N–H and O–H groups in total. The van der Waals surface area contributed by atoms with Crippen LogP contribution in [0.1, 0.15) is 26.7 Å². The number of aromatic nitrogens is 2. The number of benzene rings is 1. The molecule has 0 unspecified atom stereocenters. The molecule has 1 heterocycles. The first-order valence-electron chi connectivity index (χ1n) is 7.10. The topological polar surface area (TPSA) is 66.6 Å². The second kappa shape index (κ2) is 6.79. The van der Waals surface area contributed by atoms with Crippen molar-refractivity contribution in [2.24, 2.45) is 0 Å². The molecule has 0 saturated carbocycles. The van der Waals surface area contributed by atoms with Gasteiger partial charge in [-0.3, -0.25) is 0 Å². The molecule has 0 spiro atoms. The highest BCUT2D eigenvalue weighted by atomic mass is 16.5. The molecule has 0 fully saturated rings. The fourth-order valence-corrected chi connectivity index (χ4v) is 1.81. The van der Waals surface area contributed by atoms with Crippen LogP contribution < -0.4 is 9.47 Å². The zero-order valence-corrected chi connectivity index (χ0v) is 13.7. The van der Waals surface area contributed by atoms with Crippen LogP contribution in [0.2, 0.25) is 0 Å². The van der Waals surface area contributed by atoms with E-state index in [1.807, 2.05) is 39.0 Å². The molecule has 2 rings (SSSR count). The van der Waals surface area contributed by atoms with Crippen molar-refractivity contribution in [2.75, 3.05) is 27.4 Å². The maximum Gasteiger partial charge on any atom is 0.232 e. The first kappa shape index (κ1) is 16.3. The molecule has 0 saturated heterocycles. The van der Waals surface area contributed by atoms with E-state index in [4.69, 9.17) is 18.7 Å². The Labute approximate surface area is 130 Å². The molecule has 0 amide bonds. The molecule has 6 nitrogen and oxygen atoms in total. The van der Waals surface area contributed by atoms with Crippen LogP contribution in [0.3, 0.4) is 0 Å². The fraction of sp³-hybridized carbons (Fsp3) is 0.500. The zero-order valence-electron chi connectivity index (χ0n) is 13.7. The van der Waals surface area contributed by atoms with Crippen molar-refractivity contribution in [1.29, 1.82) is 0 Å². The van der Waals surface area contributed by atoms with Crippen LogP contribution in [0.5, 0.6) is 11.5 Å². The zero-order chi connectivity index (χ0) is 16.2. The minimum Gasteiger partial charge on any atom is -0.493 e. The van der Waals surface area contributed by atoms with Crippen LogP contribution in [0, 0.1) is 0 Å². The van der Waals surface area contributed by atoms with Gasteiger partial charge in [0.25, 0.3) is 0 Å². The van der Waals surface area contributed by atoms with E-state index in [0.717, 1.165) is 5.56 Å². The summed E-state index contributed by atoms with van der Waals surface area (Å²) < 4.78 is 21.3. The molecule has 0 aliphatic rings. The van der Waals surface area contributed by atoms with Crippen molar-refractivity contribution in [1.82, 2.24) is 10.1 Å². The lowest BCUT2D eigenvalue weighted by molar-refractivity contribution is 0.144. The Bertz CT molecular complexity index is 617. The monoisotopic (exact) mass is 306 g/mol. The predicted octanol–water partition coefficient (Wildman–Crippen LogP) is 3.07. The number of hydrogen-bond acceptors (Lipinski definition) is 6. The van der Waals surface area contributed by atoms with E-state index in [0.29, 0.717) is 36.4 Å². The van der Waals surface area contributed by atoms with E-state index < -0.39 is 0 Å². The first-order valence-corrected chi connectivity index (χ1v) is 7.10. The highest BCUT2D eigenvalue weighted by molar-refractivity contribution is 5.60. The Morgan fingerprint density at radius 3 is 2.45 bits per heavy atom. The second-order valence-corrected chi connectivity index (χ2v) is 5.88. The smallest absolute Gasteiger partial charge is 0.232 e. The molecule has 0 radical (unpaired) electrons. The van der Waals surface area contributed by atoms with Crippen LogP contribution in [-0.4, -0.2) is 37.6 Å². The summed E-state index contributed by atoms with van der Waals surface area (Å²) in [5, 5.41) is 4.04. The molecule has 0 aliphatic carbocycles. The van der Waals surface area contributed by atoms with E-state index >= 15 is 0 Å². The molecule has 0 aliphatic heterocycles. The summed E-state index contributed by atoms with van der Waals surface area (Å²) in [4.78, 5) is 4.45. The van der Waals surface area contributed by atoms with Gasteiger partial charge in [0.05, 0.1) is 13.7 Å². The molecular formula is C16H22N2O4. The van der Waals surface area contributed by atoms with Crippen molar-refractivity contribution in [3.63, 3.8) is 0 Å². The largest absolute Gasteiger partial charge is 0.493 e. The van der Waals surface area contributed by atoms with Gasteiger partial charge in [-0.05, 0) is 18.2 Å². The predicted molar refractivity (Wildman–Crippen MR) is 82.4 cm³/mol. The van der Waals surface area contributed by atoms with E-state index in [9.17, 15) is 0 Å². The van der Waals surface area contributed by atoms with E-state index in [2.05, 4.69) is 10.1 Å². The molecule has 6 heteroatoms.